The SMILES string of the molecule is CC1(n2c(N)nc3ccc(F)cc32)CCS(=O)(=O)C1. The van der Waals surface area contributed by atoms with Gasteiger partial charge in [0.05, 0.1) is 28.1 Å². The van der Waals surface area contributed by atoms with E-state index >= 15 is 0 Å². The van der Waals surface area contributed by atoms with Crippen LogP contribution in [0.4, 0.5) is 10.3 Å². The number of nitrogens with zero attached hydrogens (tertiary/aromatic N) is 2. The van der Waals surface area contributed by atoms with Crippen molar-refractivity contribution in [3.8, 4) is 0 Å². The number of nitrogens with two attached hydrogens (primary N) is 1. The van der Waals surface area contributed by atoms with Crippen LogP contribution in [0.15, 0.2) is 18.2 Å². The summed E-state index contributed by atoms with van der Waals surface area (Å²) in [7, 11) is -3.07. The molecule has 0 aliphatic carbocycles. The monoisotopic (exact) mass is 283 g/mol. The third-order valence-electron chi connectivity index (χ3n) is 3.66. The maximum Gasteiger partial charge on any atom is 0.201 e. The van der Waals surface area contributed by atoms with Crippen LogP contribution < -0.4 is 5.73 Å². The van der Waals surface area contributed by atoms with Crippen LogP contribution in [0, 0.1) is 5.82 Å². The second-order valence-corrected chi connectivity index (χ2v) is 7.46. The quantitative estimate of drug-likeness (QED) is 0.855. The molecule has 1 saturated heterocycles. The molecule has 1 atom stereocenters. The van der Waals surface area contributed by atoms with Crippen LogP contribution in [-0.2, 0) is 15.4 Å². The standard InChI is InChI=1S/C12H14FN3O2S/c1-12(4-5-19(17,18)7-12)16-10-6-8(13)2-3-9(10)15-11(16)14/h2-3,6H,4-5,7H2,1H3,(H2,14,15). The van der Waals surface area contributed by atoms with Crippen LogP contribution in [0.5, 0.6) is 0 Å². The van der Waals surface area contributed by atoms with E-state index in [1.165, 1.54) is 12.1 Å². The van der Waals surface area contributed by atoms with E-state index in [0.717, 1.165) is 0 Å². The van der Waals surface area contributed by atoms with Gasteiger partial charge >= 0.3 is 0 Å². The molecular weight excluding hydrogens is 269 g/mol. The van der Waals surface area contributed by atoms with Crippen molar-refractivity contribution < 1.29 is 12.8 Å². The number of halogens is 1. The zero-order chi connectivity index (χ0) is 13.8. The number of benzene rings is 1. The van der Waals surface area contributed by atoms with E-state index in [2.05, 4.69) is 4.98 Å². The van der Waals surface area contributed by atoms with E-state index < -0.39 is 21.2 Å². The number of sulfone groups is 1. The van der Waals surface area contributed by atoms with Crippen molar-refractivity contribution in [3.63, 3.8) is 0 Å². The number of aromatic nitrogens is 2. The fourth-order valence-electron chi connectivity index (χ4n) is 2.80. The summed E-state index contributed by atoms with van der Waals surface area (Å²) < 4.78 is 38.5. The molecule has 0 bridgehead atoms. The van der Waals surface area contributed by atoms with Crippen molar-refractivity contribution in [1.29, 1.82) is 0 Å². The first kappa shape index (κ1) is 12.4. The summed E-state index contributed by atoms with van der Waals surface area (Å²) in [5.41, 5.74) is 6.34. The minimum absolute atomic E-state index is 0.00612. The van der Waals surface area contributed by atoms with Gasteiger partial charge in [0.15, 0.2) is 9.84 Å². The number of rotatable bonds is 1. The third-order valence-corrected chi connectivity index (χ3v) is 5.55. The second-order valence-electron chi connectivity index (χ2n) is 5.28. The zero-order valence-electron chi connectivity index (χ0n) is 10.4. The maximum absolute atomic E-state index is 13.4. The zero-order valence-corrected chi connectivity index (χ0v) is 11.2. The van der Waals surface area contributed by atoms with Gasteiger partial charge in [-0.3, -0.25) is 0 Å². The minimum Gasteiger partial charge on any atom is -0.369 e. The highest BCUT2D eigenvalue weighted by Crippen LogP contribution is 2.35. The number of fused-ring (bicyclic) bond motifs is 1. The molecule has 3 rings (SSSR count). The van der Waals surface area contributed by atoms with E-state index in [4.69, 9.17) is 5.73 Å². The van der Waals surface area contributed by atoms with Gasteiger partial charge in [0.1, 0.15) is 5.82 Å². The average Bonchev–Trinajstić information content (AvgIpc) is 2.75. The Kier molecular flexibility index (Phi) is 2.41. The van der Waals surface area contributed by atoms with E-state index in [9.17, 15) is 12.8 Å². The molecule has 102 valence electrons. The highest BCUT2D eigenvalue weighted by atomic mass is 32.2. The van der Waals surface area contributed by atoms with Gasteiger partial charge in [-0.15, -0.1) is 0 Å². The lowest BCUT2D eigenvalue weighted by Crippen LogP contribution is -2.32. The van der Waals surface area contributed by atoms with Gasteiger partial charge in [0.25, 0.3) is 0 Å². The Balaban J connectivity index is 2.25. The Morgan fingerprint density at radius 3 is 2.84 bits per heavy atom. The number of hydrogen-bond acceptors (Lipinski definition) is 4. The Bertz CT molecular complexity index is 769. The first-order valence-corrected chi connectivity index (χ1v) is 7.77. The number of nitrogen functional groups attached to an aromatic ring is 1. The van der Waals surface area contributed by atoms with Gasteiger partial charge in [0, 0.05) is 0 Å². The molecule has 5 nitrogen and oxygen atoms in total. The molecule has 1 aliphatic heterocycles. The first-order valence-electron chi connectivity index (χ1n) is 5.95. The molecule has 1 aliphatic rings. The second kappa shape index (κ2) is 3.69. The van der Waals surface area contributed by atoms with E-state index in [0.29, 0.717) is 17.5 Å². The highest BCUT2D eigenvalue weighted by molar-refractivity contribution is 7.91. The van der Waals surface area contributed by atoms with Crippen molar-refractivity contribution in [2.24, 2.45) is 0 Å². The predicted octanol–water partition coefficient (Wildman–Crippen LogP) is 1.29. The van der Waals surface area contributed by atoms with Crippen LogP contribution in [0.3, 0.4) is 0 Å². The van der Waals surface area contributed by atoms with Crippen LogP contribution in [0.1, 0.15) is 13.3 Å². The molecule has 1 aromatic carbocycles. The van der Waals surface area contributed by atoms with Gasteiger partial charge in [-0.25, -0.2) is 17.8 Å². The lowest BCUT2D eigenvalue weighted by molar-refractivity contribution is 0.381. The number of hydrogen-bond donors (Lipinski definition) is 1. The van der Waals surface area contributed by atoms with Gasteiger partial charge in [-0.05, 0) is 31.5 Å². The summed E-state index contributed by atoms with van der Waals surface area (Å²) in [6.07, 6.45) is 0.460. The Hall–Kier alpha value is -1.63. The predicted molar refractivity (Wildman–Crippen MR) is 71.0 cm³/mol. The smallest absolute Gasteiger partial charge is 0.201 e. The fraction of sp³-hybridized carbons (Fsp3) is 0.417. The molecule has 1 fully saturated rings. The fourth-order valence-corrected chi connectivity index (χ4v) is 4.92. The molecule has 0 saturated carbocycles. The van der Waals surface area contributed by atoms with Crippen molar-refractivity contribution in [3.05, 3.63) is 24.0 Å². The molecule has 0 radical (unpaired) electrons. The van der Waals surface area contributed by atoms with Crippen LogP contribution >= 0.6 is 0 Å². The summed E-state index contributed by atoms with van der Waals surface area (Å²) in [6.45, 7) is 1.82. The molecule has 0 amide bonds. The maximum atomic E-state index is 13.4. The summed E-state index contributed by atoms with van der Waals surface area (Å²) in [5.74, 6) is -0.0392. The lowest BCUT2D eigenvalue weighted by atomic mass is 10.0. The molecule has 1 aromatic heterocycles. The normalized spacial score (nSPS) is 26.0. The number of anilines is 1. The van der Waals surface area contributed by atoms with Gasteiger partial charge in [0.2, 0.25) is 5.95 Å². The average molecular weight is 283 g/mol. The van der Waals surface area contributed by atoms with Crippen LogP contribution in [-0.4, -0.2) is 29.5 Å². The van der Waals surface area contributed by atoms with Crippen molar-refractivity contribution in [2.45, 2.75) is 18.9 Å². The molecule has 2 N–H and O–H groups in total. The lowest BCUT2D eigenvalue weighted by Gasteiger charge is -2.26. The highest BCUT2D eigenvalue weighted by Gasteiger charge is 2.41. The molecule has 2 heterocycles. The van der Waals surface area contributed by atoms with E-state index in [1.54, 1.807) is 10.6 Å². The topological polar surface area (TPSA) is 78.0 Å². The van der Waals surface area contributed by atoms with Crippen molar-refractivity contribution in [2.75, 3.05) is 17.2 Å². The summed E-state index contributed by atoms with van der Waals surface area (Å²) in [6, 6.07) is 4.20. The van der Waals surface area contributed by atoms with Gasteiger partial charge in [-0.2, -0.15) is 0 Å². The molecule has 7 heteroatoms. The van der Waals surface area contributed by atoms with E-state index in [1.807, 2.05) is 6.92 Å². The van der Waals surface area contributed by atoms with Crippen molar-refractivity contribution in [1.82, 2.24) is 9.55 Å². The van der Waals surface area contributed by atoms with Crippen LogP contribution in [0.25, 0.3) is 11.0 Å². The molecule has 19 heavy (non-hydrogen) atoms. The third kappa shape index (κ3) is 1.88. The summed E-state index contributed by atoms with van der Waals surface area (Å²) >= 11 is 0. The Morgan fingerprint density at radius 2 is 2.21 bits per heavy atom. The minimum atomic E-state index is -3.07. The van der Waals surface area contributed by atoms with Crippen LogP contribution in [0.2, 0.25) is 0 Å². The summed E-state index contributed by atoms with van der Waals surface area (Å²) in [5, 5.41) is 0. The first-order chi connectivity index (χ1) is 8.81. The molecule has 1 unspecified atom stereocenters. The molecule has 2 aromatic rings. The summed E-state index contributed by atoms with van der Waals surface area (Å²) in [4.78, 5) is 4.17. The number of imidazole rings is 1. The molecule has 0 spiro atoms. The Morgan fingerprint density at radius 1 is 1.47 bits per heavy atom. The largest absolute Gasteiger partial charge is 0.369 e. The van der Waals surface area contributed by atoms with Gasteiger partial charge in [-0.1, -0.05) is 0 Å². The molecular formula is C12H14FN3O2S. The Labute approximate surface area is 110 Å². The van der Waals surface area contributed by atoms with Crippen molar-refractivity contribution >= 4 is 26.8 Å². The van der Waals surface area contributed by atoms with Gasteiger partial charge < -0.3 is 10.3 Å². The van der Waals surface area contributed by atoms with E-state index in [-0.39, 0.29) is 17.5 Å².